The van der Waals surface area contributed by atoms with E-state index in [1.54, 1.807) is 6.26 Å². The Kier molecular flexibility index (Phi) is 4.26. The standard InChI is InChI=1S/C16H28N2O2/c1-15(2,3)11-18-7-8-19-9-12(18)14-17-13(10-20-14)16(4,5)6/h10,12H,7-9,11H2,1-6H3/t12-/m0/s1. The number of hydrogen-bond donors (Lipinski definition) is 0. The lowest BCUT2D eigenvalue weighted by molar-refractivity contribution is -0.0310. The molecule has 1 atom stereocenters. The molecule has 0 aliphatic carbocycles. The van der Waals surface area contributed by atoms with Crippen LogP contribution in [0.4, 0.5) is 0 Å². The summed E-state index contributed by atoms with van der Waals surface area (Å²) in [6.45, 7) is 16.7. The highest BCUT2D eigenvalue weighted by molar-refractivity contribution is 5.10. The van der Waals surface area contributed by atoms with E-state index in [-0.39, 0.29) is 16.9 Å². The normalized spacial score (nSPS) is 22.2. The van der Waals surface area contributed by atoms with Gasteiger partial charge in [0, 0.05) is 18.5 Å². The number of ether oxygens (including phenoxy) is 1. The van der Waals surface area contributed by atoms with Crippen LogP contribution in [0.1, 0.15) is 59.2 Å². The third-order valence-electron chi connectivity index (χ3n) is 3.49. The first-order valence-corrected chi connectivity index (χ1v) is 7.44. The average molecular weight is 280 g/mol. The summed E-state index contributed by atoms with van der Waals surface area (Å²) < 4.78 is 11.4. The molecule has 1 aromatic rings. The zero-order chi connectivity index (χ0) is 15.0. The topological polar surface area (TPSA) is 38.5 Å². The average Bonchev–Trinajstić information content (AvgIpc) is 2.76. The number of aromatic nitrogens is 1. The van der Waals surface area contributed by atoms with Crippen molar-refractivity contribution >= 4 is 0 Å². The molecule has 4 nitrogen and oxygen atoms in total. The molecule has 1 aromatic heterocycles. The fourth-order valence-corrected chi connectivity index (χ4v) is 2.45. The van der Waals surface area contributed by atoms with Crippen molar-refractivity contribution in [2.45, 2.75) is 53.0 Å². The summed E-state index contributed by atoms with van der Waals surface area (Å²) in [5, 5.41) is 0. The highest BCUT2D eigenvalue weighted by Gasteiger charge is 2.32. The number of oxazole rings is 1. The van der Waals surface area contributed by atoms with E-state index in [1.807, 2.05) is 0 Å². The van der Waals surface area contributed by atoms with Gasteiger partial charge >= 0.3 is 0 Å². The Morgan fingerprint density at radius 3 is 2.50 bits per heavy atom. The van der Waals surface area contributed by atoms with Gasteiger partial charge in [0.1, 0.15) is 12.3 Å². The molecule has 0 aromatic carbocycles. The number of nitrogens with zero attached hydrogens (tertiary/aromatic N) is 2. The Labute approximate surface area is 122 Å². The van der Waals surface area contributed by atoms with E-state index in [4.69, 9.17) is 14.1 Å². The molecule has 4 heteroatoms. The molecule has 20 heavy (non-hydrogen) atoms. The summed E-state index contributed by atoms with van der Waals surface area (Å²) >= 11 is 0. The van der Waals surface area contributed by atoms with Gasteiger partial charge in [0.05, 0.1) is 18.9 Å². The number of hydrogen-bond acceptors (Lipinski definition) is 4. The molecule has 2 heterocycles. The molecule has 1 saturated heterocycles. The van der Waals surface area contributed by atoms with E-state index < -0.39 is 0 Å². The van der Waals surface area contributed by atoms with Crippen LogP contribution in [0.5, 0.6) is 0 Å². The second-order valence-electron chi connectivity index (χ2n) is 7.94. The molecule has 0 amide bonds. The quantitative estimate of drug-likeness (QED) is 0.832. The van der Waals surface area contributed by atoms with Crippen molar-refractivity contribution in [2.24, 2.45) is 5.41 Å². The van der Waals surface area contributed by atoms with Crippen LogP contribution in [-0.2, 0) is 10.2 Å². The largest absolute Gasteiger partial charge is 0.447 e. The van der Waals surface area contributed by atoms with Crippen LogP contribution in [0.2, 0.25) is 0 Å². The van der Waals surface area contributed by atoms with Crippen LogP contribution in [0.25, 0.3) is 0 Å². The van der Waals surface area contributed by atoms with Crippen LogP contribution >= 0.6 is 0 Å². The van der Waals surface area contributed by atoms with Crippen LogP contribution in [0.15, 0.2) is 10.7 Å². The van der Waals surface area contributed by atoms with E-state index in [9.17, 15) is 0 Å². The van der Waals surface area contributed by atoms with E-state index >= 15 is 0 Å². The second kappa shape index (κ2) is 5.49. The second-order valence-corrected chi connectivity index (χ2v) is 7.94. The van der Waals surface area contributed by atoms with Gasteiger partial charge in [0.25, 0.3) is 0 Å². The molecular formula is C16H28N2O2. The van der Waals surface area contributed by atoms with Crippen molar-refractivity contribution in [3.05, 3.63) is 17.8 Å². The molecule has 2 rings (SSSR count). The minimum Gasteiger partial charge on any atom is -0.447 e. The SMILES string of the molecule is CC(C)(C)CN1CCOC[C@H]1c1nc(C(C)(C)C)co1. The molecule has 0 unspecified atom stereocenters. The first-order valence-electron chi connectivity index (χ1n) is 7.44. The Hall–Kier alpha value is -0.870. The van der Waals surface area contributed by atoms with Gasteiger partial charge in [0.15, 0.2) is 0 Å². The van der Waals surface area contributed by atoms with Crippen molar-refractivity contribution in [2.75, 3.05) is 26.3 Å². The van der Waals surface area contributed by atoms with Crippen molar-refractivity contribution in [3.8, 4) is 0 Å². The van der Waals surface area contributed by atoms with Crippen molar-refractivity contribution in [1.29, 1.82) is 0 Å². The van der Waals surface area contributed by atoms with E-state index in [0.29, 0.717) is 6.61 Å². The lowest BCUT2D eigenvalue weighted by atomic mass is 9.93. The lowest BCUT2D eigenvalue weighted by Crippen LogP contribution is -2.43. The van der Waals surface area contributed by atoms with Gasteiger partial charge in [0.2, 0.25) is 5.89 Å². The molecule has 1 aliphatic heterocycles. The Bertz CT molecular complexity index is 440. The zero-order valence-corrected chi connectivity index (χ0v) is 13.7. The number of rotatable bonds is 2. The lowest BCUT2D eigenvalue weighted by Gasteiger charge is -2.37. The fourth-order valence-electron chi connectivity index (χ4n) is 2.45. The van der Waals surface area contributed by atoms with Crippen LogP contribution in [0, 0.1) is 5.41 Å². The molecule has 0 N–H and O–H groups in total. The summed E-state index contributed by atoms with van der Waals surface area (Å²) in [6.07, 6.45) is 1.79. The maximum Gasteiger partial charge on any atom is 0.213 e. The summed E-state index contributed by atoms with van der Waals surface area (Å²) in [5.41, 5.74) is 1.29. The molecule has 0 radical (unpaired) electrons. The minimum absolute atomic E-state index is 0.0200. The third-order valence-corrected chi connectivity index (χ3v) is 3.49. The summed E-state index contributed by atoms with van der Waals surface area (Å²) in [4.78, 5) is 7.13. The van der Waals surface area contributed by atoms with Crippen LogP contribution in [-0.4, -0.2) is 36.2 Å². The fraction of sp³-hybridized carbons (Fsp3) is 0.812. The predicted molar refractivity (Wildman–Crippen MR) is 79.8 cm³/mol. The van der Waals surface area contributed by atoms with Gasteiger partial charge in [-0.1, -0.05) is 41.5 Å². The smallest absolute Gasteiger partial charge is 0.213 e. The molecule has 0 bridgehead atoms. The third kappa shape index (κ3) is 3.83. The molecule has 0 saturated carbocycles. The predicted octanol–water partition coefficient (Wildman–Crippen LogP) is 3.39. The number of morpholine rings is 1. The van der Waals surface area contributed by atoms with E-state index in [0.717, 1.165) is 31.3 Å². The van der Waals surface area contributed by atoms with Crippen molar-refractivity contribution < 1.29 is 9.15 Å². The van der Waals surface area contributed by atoms with Gasteiger partial charge in [-0.15, -0.1) is 0 Å². The summed E-state index contributed by atoms with van der Waals surface area (Å²) in [6, 6.07) is 0.138. The first-order chi connectivity index (χ1) is 9.17. The summed E-state index contributed by atoms with van der Waals surface area (Å²) in [5.74, 6) is 0.791. The van der Waals surface area contributed by atoms with Gasteiger partial charge in [-0.05, 0) is 5.41 Å². The van der Waals surface area contributed by atoms with Crippen molar-refractivity contribution in [1.82, 2.24) is 9.88 Å². The molecular weight excluding hydrogens is 252 g/mol. The highest BCUT2D eigenvalue weighted by Crippen LogP contribution is 2.30. The van der Waals surface area contributed by atoms with Gasteiger partial charge in [-0.3, -0.25) is 4.90 Å². The summed E-state index contributed by atoms with van der Waals surface area (Å²) in [7, 11) is 0. The molecule has 114 valence electrons. The Balaban J connectivity index is 2.17. The van der Waals surface area contributed by atoms with Crippen LogP contribution < -0.4 is 0 Å². The minimum atomic E-state index is 0.0200. The Morgan fingerprint density at radius 1 is 1.25 bits per heavy atom. The monoisotopic (exact) mass is 280 g/mol. The van der Waals surface area contributed by atoms with Gasteiger partial charge in [-0.2, -0.15) is 0 Å². The van der Waals surface area contributed by atoms with E-state index in [1.165, 1.54) is 0 Å². The van der Waals surface area contributed by atoms with Gasteiger partial charge < -0.3 is 9.15 Å². The van der Waals surface area contributed by atoms with Gasteiger partial charge in [-0.25, -0.2) is 4.98 Å². The maximum atomic E-state index is 5.74. The zero-order valence-electron chi connectivity index (χ0n) is 13.7. The van der Waals surface area contributed by atoms with Crippen LogP contribution in [0.3, 0.4) is 0 Å². The molecule has 1 fully saturated rings. The molecule has 0 spiro atoms. The van der Waals surface area contributed by atoms with Crippen molar-refractivity contribution in [3.63, 3.8) is 0 Å². The first kappa shape index (κ1) is 15.5. The Morgan fingerprint density at radius 2 is 1.95 bits per heavy atom. The molecule has 1 aliphatic rings. The highest BCUT2D eigenvalue weighted by atomic mass is 16.5. The van der Waals surface area contributed by atoms with E-state index in [2.05, 4.69) is 46.4 Å². The maximum absolute atomic E-state index is 5.74.